The Balaban J connectivity index is 1.63. The number of hydrogen-bond donors (Lipinski definition) is 0. The Kier molecular flexibility index (Phi) is 5.20. The van der Waals surface area contributed by atoms with E-state index in [1.165, 1.54) is 9.71 Å². The highest BCUT2D eigenvalue weighted by Gasteiger charge is 2.31. The summed E-state index contributed by atoms with van der Waals surface area (Å²) in [5, 5.41) is 1.27. The van der Waals surface area contributed by atoms with Crippen LogP contribution in [0.2, 0.25) is 0 Å². The number of sulfonamides is 1. The normalized spacial score (nSPS) is 18.7. The number of aryl methyl sites for hydroxylation is 2. The molecule has 3 rings (SSSR count). The van der Waals surface area contributed by atoms with E-state index in [1.54, 1.807) is 12.1 Å². The van der Waals surface area contributed by atoms with Crippen molar-refractivity contribution in [1.82, 2.24) is 9.29 Å². The van der Waals surface area contributed by atoms with Gasteiger partial charge in [0.25, 0.3) is 0 Å². The summed E-state index contributed by atoms with van der Waals surface area (Å²) in [6.45, 7) is 4.69. The van der Waals surface area contributed by atoms with Gasteiger partial charge in [0.1, 0.15) is 6.10 Å². The van der Waals surface area contributed by atoms with Gasteiger partial charge >= 0.3 is 0 Å². The van der Waals surface area contributed by atoms with Gasteiger partial charge in [0.15, 0.2) is 0 Å². The minimum absolute atomic E-state index is 0.170. The Morgan fingerprint density at radius 3 is 2.64 bits per heavy atom. The number of benzene rings is 1. The quantitative estimate of drug-likeness (QED) is 0.824. The van der Waals surface area contributed by atoms with Crippen molar-refractivity contribution < 1.29 is 13.2 Å². The summed E-state index contributed by atoms with van der Waals surface area (Å²) in [6, 6.07) is 13.3. The van der Waals surface area contributed by atoms with Crippen LogP contribution >= 0.6 is 0 Å². The van der Waals surface area contributed by atoms with E-state index >= 15 is 0 Å². The standard InChI is InChI=1S/C19H22N2O3S/c1-15-6-8-17(9-7-15)11-13-25(22,23)21-12-10-18(14-21)24-19-5-3-4-16(2)20-19/h3-9,11,13,18H,10,12,14H2,1-2H3/b13-11+. The molecule has 0 amide bonds. The molecule has 0 radical (unpaired) electrons. The molecule has 1 aromatic carbocycles. The van der Waals surface area contributed by atoms with Crippen molar-refractivity contribution in [3.8, 4) is 5.88 Å². The molecule has 1 saturated heterocycles. The average molecular weight is 358 g/mol. The molecule has 1 unspecified atom stereocenters. The highest BCUT2D eigenvalue weighted by Crippen LogP contribution is 2.20. The van der Waals surface area contributed by atoms with E-state index in [2.05, 4.69) is 4.98 Å². The summed E-state index contributed by atoms with van der Waals surface area (Å²) in [4.78, 5) is 4.30. The first-order chi connectivity index (χ1) is 11.9. The van der Waals surface area contributed by atoms with E-state index in [-0.39, 0.29) is 6.10 Å². The van der Waals surface area contributed by atoms with E-state index in [9.17, 15) is 8.42 Å². The van der Waals surface area contributed by atoms with E-state index < -0.39 is 10.0 Å². The number of hydrogen-bond acceptors (Lipinski definition) is 4. The van der Waals surface area contributed by atoms with E-state index in [0.29, 0.717) is 25.4 Å². The highest BCUT2D eigenvalue weighted by molar-refractivity contribution is 7.92. The number of nitrogens with zero attached hydrogens (tertiary/aromatic N) is 2. The molecule has 0 spiro atoms. The topological polar surface area (TPSA) is 59.5 Å². The van der Waals surface area contributed by atoms with Crippen molar-refractivity contribution in [3.05, 3.63) is 64.7 Å². The molecule has 1 aliphatic rings. The van der Waals surface area contributed by atoms with Crippen LogP contribution in [0.3, 0.4) is 0 Å². The van der Waals surface area contributed by atoms with Crippen molar-refractivity contribution in [2.75, 3.05) is 13.1 Å². The first-order valence-corrected chi connectivity index (χ1v) is 9.78. The zero-order valence-electron chi connectivity index (χ0n) is 14.4. The largest absolute Gasteiger partial charge is 0.473 e. The molecule has 1 aliphatic heterocycles. The summed E-state index contributed by atoms with van der Waals surface area (Å²) < 4.78 is 32.3. The van der Waals surface area contributed by atoms with Crippen molar-refractivity contribution >= 4 is 16.1 Å². The lowest BCUT2D eigenvalue weighted by atomic mass is 10.2. The van der Waals surface area contributed by atoms with Gasteiger partial charge < -0.3 is 4.74 Å². The van der Waals surface area contributed by atoms with Crippen molar-refractivity contribution in [3.63, 3.8) is 0 Å². The minimum Gasteiger partial charge on any atom is -0.473 e. The lowest BCUT2D eigenvalue weighted by molar-refractivity contribution is 0.207. The summed E-state index contributed by atoms with van der Waals surface area (Å²) in [7, 11) is -3.45. The third-order valence-corrected chi connectivity index (χ3v) is 5.66. The zero-order chi connectivity index (χ0) is 17.9. The fourth-order valence-electron chi connectivity index (χ4n) is 2.71. The fourth-order valence-corrected chi connectivity index (χ4v) is 3.94. The Hall–Kier alpha value is -2.18. The second-order valence-corrected chi connectivity index (χ2v) is 8.08. The fraction of sp³-hybridized carbons (Fsp3) is 0.316. The van der Waals surface area contributed by atoms with Crippen LogP contribution in [0.25, 0.3) is 6.08 Å². The summed E-state index contributed by atoms with van der Waals surface area (Å²) in [6.07, 6.45) is 2.12. The van der Waals surface area contributed by atoms with Gasteiger partial charge in [-0.25, -0.2) is 13.4 Å². The molecular formula is C19H22N2O3S. The van der Waals surface area contributed by atoms with Crippen LogP contribution in [0.4, 0.5) is 0 Å². The molecule has 0 saturated carbocycles. The van der Waals surface area contributed by atoms with E-state index in [0.717, 1.165) is 16.8 Å². The SMILES string of the molecule is Cc1ccc(/C=C/S(=O)(=O)N2CCC(Oc3cccc(C)n3)C2)cc1. The number of aromatic nitrogens is 1. The van der Waals surface area contributed by atoms with Crippen molar-refractivity contribution in [2.45, 2.75) is 26.4 Å². The third-order valence-electron chi connectivity index (χ3n) is 4.13. The predicted octanol–water partition coefficient (Wildman–Crippen LogP) is 3.15. The molecule has 0 N–H and O–H groups in total. The molecule has 1 fully saturated rings. The Morgan fingerprint density at radius 2 is 1.92 bits per heavy atom. The molecule has 5 nitrogen and oxygen atoms in total. The summed E-state index contributed by atoms with van der Waals surface area (Å²) in [5.74, 6) is 0.541. The second-order valence-electron chi connectivity index (χ2n) is 6.26. The van der Waals surface area contributed by atoms with Crippen LogP contribution < -0.4 is 4.74 Å². The van der Waals surface area contributed by atoms with Gasteiger partial charge in [-0.3, -0.25) is 0 Å². The molecule has 0 aliphatic carbocycles. The van der Waals surface area contributed by atoms with Gasteiger partial charge in [-0.15, -0.1) is 0 Å². The monoisotopic (exact) mass is 358 g/mol. The molecule has 2 aromatic rings. The zero-order valence-corrected chi connectivity index (χ0v) is 15.2. The second kappa shape index (κ2) is 7.37. The van der Waals surface area contributed by atoms with Gasteiger partial charge in [-0.2, -0.15) is 4.31 Å². The molecule has 1 aromatic heterocycles. The van der Waals surface area contributed by atoms with Crippen LogP contribution in [0, 0.1) is 13.8 Å². The molecule has 132 valence electrons. The molecule has 0 bridgehead atoms. The van der Waals surface area contributed by atoms with Gasteiger partial charge in [0, 0.05) is 23.7 Å². The average Bonchev–Trinajstić information content (AvgIpc) is 3.04. The van der Waals surface area contributed by atoms with Crippen molar-refractivity contribution in [1.29, 1.82) is 0 Å². The smallest absolute Gasteiger partial charge is 0.236 e. The molecule has 6 heteroatoms. The van der Waals surface area contributed by atoms with E-state index in [1.807, 2.05) is 50.2 Å². The summed E-state index contributed by atoms with van der Waals surface area (Å²) >= 11 is 0. The first kappa shape index (κ1) is 17.6. The van der Waals surface area contributed by atoms with Crippen LogP contribution in [-0.4, -0.2) is 36.9 Å². The van der Waals surface area contributed by atoms with Crippen LogP contribution in [-0.2, 0) is 10.0 Å². The third kappa shape index (κ3) is 4.67. The van der Waals surface area contributed by atoms with E-state index in [4.69, 9.17) is 4.74 Å². The Morgan fingerprint density at radius 1 is 1.16 bits per heavy atom. The van der Waals surface area contributed by atoms with Crippen LogP contribution in [0.15, 0.2) is 47.9 Å². The number of rotatable bonds is 5. The molecule has 2 heterocycles. The maximum absolute atomic E-state index is 12.5. The van der Waals surface area contributed by atoms with Crippen LogP contribution in [0.5, 0.6) is 5.88 Å². The van der Waals surface area contributed by atoms with Crippen LogP contribution in [0.1, 0.15) is 23.2 Å². The van der Waals surface area contributed by atoms with Gasteiger partial charge in [0.2, 0.25) is 15.9 Å². The number of ether oxygens (including phenoxy) is 1. The van der Waals surface area contributed by atoms with Crippen molar-refractivity contribution in [2.24, 2.45) is 0 Å². The van der Waals surface area contributed by atoms with Gasteiger partial charge in [-0.05, 0) is 38.0 Å². The predicted molar refractivity (Wildman–Crippen MR) is 98.7 cm³/mol. The highest BCUT2D eigenvalue weighted by atomic mass is 32.2. The van der Waals surface area contributed by atoms with Gasteiger partial charge in [0.05, 0.1) is 6.54 Å². The first-order valence-electron chi connectivity index (χ1n) is 8.27. The Bertz CT molecular complexity index is 860. The lowest BCUT2D eigenvalue weighted by Gasteiger charge is -2.15. The maximum Gasteiger partial charge on any atom is 0.236 e. The number of pyridine rings is 1. The summed E-state index contributed by atoms with van der Waals surface area (Å²) in [5.41, 5.74) is 2.88. The minimum atomic E-state index is -3.45. The molecule has 25 heavy (non-hydrogen) atoms. The molecule has 1 atom stereocenters. The molecular weight excluding hydrogens is 336 g/mol. The lowest BCUT2D eigenvalue weighted by Crippen LogP contribution is -2.29. The van der Waals surface area contributed by atoms with Gasteiger partial charge in [-0.1, -0.05) is 35.9 Å². The Labute approximate surface area is 149 Å². The maximum atomic E-state index is 12.5.